The first-order valence-corrected chi connectivity index (χ1v) is 8.40. The lowest BCUT2D eigenvalue weighted by Gasteiger charge is -2.23. The summed E-state index contributed by atoms with van der Waals surface area (Å²) < 4.78 is 1.52. The van der Waals surface area contributed by atoms with E-state index in [1.165, 1.54) is 22.6 Å². The van der Waals surface area contributed by atoms with Crippen LogP contribution in [0.25, 0.3) is 0 Å². The van der Waals surface area contributed by atoms with Gasteiger partial charge < -0.3 is 14.6 Å². The van der Waals surface area contributed by atoms with E-state index in [2.05, 4.69) is 4.98 Å². The summed E-state index contributed by atoms with van der Waals surface area (Å²) in [4.78, 5) is 53.0. The number of carboxylic acids is 1. The SMILES string of the molecule is CC(=O)SC(CC(=O)N1CCC[C@H]1C(=O)O)C(=O)c1nccn1C. The number of carbonyl (C=O) groups is 4. The molecule has 8 nitrogen and oxygen atoms in total. The van der Waals surface area contributed by atoms with Crippen LogP contribution in [-0.4, -0.2) is 60.2 Å². The van der Waals surface area contributed by atoms with E-state index in [0.717, 1.165) is 11.8 Å². The highest BCUT2D eigenvalue weighted by Crippen LogP contribution is 2.24. The van der Waals surface area contributed by atoms with Crippen LogP contribution in [0.2, 0.25) is 0 Å². The predicted molar refractivity (Wildman–Crippen MR) is 86.6 cm³/mol. The van der Waals surface area contributed by atoms with Gasteiger partial charge in [0.05, 0.1) is 5.25 Å². The van der Waals surface area contributed by atoms with Gasteiger partial charge in [-0.2, -0.15) is 0 Å². The van der Waals surface area contributed by atoms with Gasteiger partial charge in [-0.25, -0.2) is 9.78 Å². The van der Waals surface area contributed by atoms with E-state index >= 15 is 0 Å². The summed E-state index contributed by atoms with van der Waals surface area (Å²) in [6.07, 6.45) is 3.86. The molecule has 1 unspecified atom stereocenters. The quantitative estimate of drug-likeness (QED) is 0.750. The molecule has 2 atom stereocenters. The Kier molecular flexibility index (Phi) is 5.76. The minimum absolute atomic E-state index is 0.165. The molecule has 0 bridgehead atoms. The fourth-order valence-corrected chi connectivity index (χ4v) is 3.57. The van der Waals surface area contributed by atoms with Gasteiger partial charge in [-0.1, -0.05) is 11.8 Å². The Morgan fingerprint density at radius 1 is 1.42 bits per heavy atom. The van der Waals surface area contributed by atoms with E-state index in [1.54, 1.807) is 13.2 Å². The normalized spacial score (nSPS) is 18.4. The van der Waals surface area contributed by atoms with Crippen molar-refractivity contribution in [1.29, 1.82) is 0 Å². The molecule has 1 N–H and O–H groups in total. The molecule has 2 heterocycles. The zero-order valence-corrected chi connectivity index (χ0v) is 14.3. The number of aliphatic carboxylic acids is 1. The van der Waals surface area contributed by atoms with Crippen molar-refractivity contribution in [2.24, 2.45) is 7.05 Å². The van der Waals surface area contributed by atoms with Crippen LogP contribution < -0.4 is 0 Å². The number of ketones is 1. The Morgan fingerprint density at radius 3 is 2.67 bits per heavy atom. The van der Waals surface area contributed by atoms with Gasteiger partial charge in [0.15, 0.2) is 10.9 Å². The molecule has 0 spiro atoms. The molecule has 0 aliphatic carbocycles. The molecular weight excluding hydrogens is 334 g/mol. The number of aryl methyl sites for hydroxylation is 1. The number of nitrogens with zero attached hydrogens (tertiary/aromatic N) is 3. The molecule has 1 aromatic rings. The Morgan fingerprint density at radius 2 is 2.12 bits per heavy atom. The first-order chi connectivity index (χ1) is 11.3. The Labute approximate surface area is 143 Å². The van der Waals surface area contributed by atoms with Crippen molar-refractivity contribution in [3.63, 3.8) is 0 Å². The van der Waals surface area contributed by atoms with Gasteiger partial charge in [0.2, 0.25) is 11.7 Å². The van der Waals surface area contributed by atoms with Gasteiger partial charge in [0, 0.05) is 39.3 Å². The zero-order chi connectivity index (χ0) is 17.9. The molecule has 2 rings (SSSR count). The van der Waals surface area contributed by atoms with Crippen LogP contribution in [-0.2, 0) is 21.4 Å². The van der Waals surface area contributed by atoms with Crippen molar-refractivity contribution < 1.29 is 24.3 Å². The monoisotopic (exact) mass is 353 g/mol. The van der Waals surface area contributed by atoms with Crippen molar-refractivity contribution in [1.82, 2.24) is 14.5 Å². The minimum atomic E-state index is -1.05. The maximum Gasteiger partial charge on any atom is 0.326 e. The largest absolute Gasteiger partial charge is 0.480 e. The zero-order valence-electron chi connectivity index (χ0n) is 13.5. The summed E-state index contributed by atoms with van der Waals surface area (Å²) in [5.41, 5.74) is 0. The highest BCUT2D eigenvalue weighted by atomic mass is 32.2. The summed E-state index contributed by atoms with van der Waals surface area (Å²) in [6.45, 7) is 1.67. The number of likely N-dealkylation sites (tertiary alicyclic amines) is 1. The Balaban J connectivity index is 2.15. The summed E-state index contributed by atoms with van der Waals surface area (Å²) in [7, 11) is 1.65. The highest BCUT2D eigenvalue weighted by molar-refractivity contribution is 8.14. The molecule has 0 saturated carbocycles. The smallest absolute Gasteiger partial charge is 0.326 e. The van der Waals surface area contributed by atoms with Crippen molar-refractivity contribution in [3.05, 3.63) is 18.2 Å². The summed E-state index contributed by atoms with van der Waals surface area (Å²) in [5, 5.41) is 7.98. The third-order valence-electron chi connectivity index (χ3n) is 3.86. The van der Waals surface area contributed by atoms with E-state index < -0.39 is 29.0 Å². The van der Waals surface area contributed by atoms with Crippen LogP contribution in [0.15, 0.2) is 12.4 Å². The van der Waals surface area contributed by atoms with E-state index in [-0.39, 0.29) is 17.4 Å². The molecule has 1 saturated heterocycles. The number of amides is 1. The molecule has 0 radical (unpaired) electrons. The number of rotatable bonds is 6. The minimum Gasteiger partial charge on any atom is -0.480 e. The molecule has 1 aliphatic heterocycles. The first-order valence-electron chi connectivity index (χ1n) is 7.52. The van der Waals surface area contributed by atoms with Gasteiger partial charge in [0.25, 0.3) is 0 Å². The third-order valence-corrected chi connectivity index (χ3v) is 4.86. The standard InChI is InChI=1S/C15H19N3O5S/c1-9(19)24-11(13(21)14-16-5-7-17(14)2)8-12(20)18-6-3-4-10(18)15(22)23/h5,7,10-11H,3-4,6,8H2,1-2H3,(H,22,23)/t10-,11?/m0/s1. The maximum absolute atomic E-state index is 12.6. The molecule has 130 valence electrons. The van der Waals surface area contributed by atoms with Crippen molar-refractivity contribution in [2.45, 2.75) is 37.5 Å². The third kappa shape index (κ3) is 4.02. The van der Waals surface area contributed by atoms with Crippen molar-refractivity contribution in [2.75, 3.05) is 6.54 Å². The van der Waals surface area contributed by atoms with Crippen molar-refractivity contribution in [3.8, 4) is 0 Å². The summed E-state index contributed by atoms with van der Waals surface area (Å²) in [6, 6.07) is -0.858. The summed E-state index contributed by atoms with van der Waals surface area (Å²) in [5.74, 6) is -1.73. The van der Waals surface area contributed by atoms with Crippen LogP contribution in [0.3, 0.4) is 0 Å². The molecule has 1 fully saturated rings. The fourth-order valence-electron chi connectivity index (χ4n) is 2.73. The number of hydrogen-bond acceptors (Lipinski definition) is 6. The first kappa shape index (κ1) is 18.2. The average molecular weight is 353 g/mol. The highest BCUT2D eigenvalue weighted by Gasteiger charge is 2.36. The number of thioether (sulfide) groups is 1. The fraction of sp³-hybridized carbons (Fsp3) is 0.533. The molecule has 24 heavy (non-hydrogen) atoms. The maximum atomic E-state index is 12.6. The number of carboxylic acid groups (broad SMARTS) is 1. The lowest BCUT2D eigenvalue weighted by Crippen LogP contribution is -2.42. The second-order valence-corrected chi connectivity index (χ2v) is 6.99. The van der Waals surface area contributed by atoms with E-state index in [0.29, 0.717) is 19.4 Å². The lowest BCUT2D eigenvalue weighted by atomic mass is 10.1. The second kappa shape index (κ2) is 7.61. The number of hydrogen-bond donors (Lipinski definition) is 1. The van der Waals surface area contributed by atoms with Gasteiger partial charge in [-0.3, -0.25) is 14.4 Å². The van der Waals surface area contributed by atoms with Crippen LogP contribution in [0.1, 0.15) is 36.8 Å². The van der Waals surface area contributed by atoms with Crippen LogP contribution in [0.5, 0.6) is 0 Å². The molecular formula is C15H19N3O5S. The predicted octanol–water partition coefficient (Wildman–Crippen LogP) is 0.717. The van der Waals surface area contributed by atoms with Gasteiger partial charge >= 0.3 is 5.97 Å². The average Bonchev–Trinajstić information content (AvgIpc) is 3.13. The van der Waals surface area contributed by atoms with E-state index in [9.17, 15) is 24.3 Å². The van der Waals surface area contributed by atoms with Gasteiger partial charge in [-0.05, 0) is 12.8 Å². The van der Waals surface area contributed by atoms with Gasteiger partial charge in [0.1, 0.15) is 6.04 Å². The van der Waals surface area contributed by atoms with E-state index in [4.69, 9.17) is 0 Å². The molecule has 1 aliphatic rings. The van der Waals surface area contributed by atoms with Crippen LogP contribution >= 0.6 is 11.8 Å². The van der Waals surface area contributed by atoms with Crippen LogP contribution in [0.4, 0.5) is 0 Å². The Hall–Kier alpha value is -2.16. The number of aromatic nitrogens is 2. The number of Topliss-reactive ketones (excluding diaryl/α,β-unsaturated/α-hetero) is 1. The number of carbonyl (C=O) groups excluding carboxylic acids is 3. The molecule has 0 aromatic carbocycles. The molecule has 1 amide bonds. The van der Waals surface area contributed by atoms with Crippen molar-refractivity contribution >= 4 is 34.5 Å². The van der Waals surface area contributed by atoms with Gasteiger partial charge in [-0.15, -0.1) is 0 Å². The summed E-state index contributed by atoms with van der Waals surface area (Å²) >= 11 is 0.775. The number of imidazole rings is 1. The Bertz CT molecular complexity index is 672. The second-order valence-electron chi connectivity index (χ2n) is 5.61. The lowest BCUT2D eigenvalue weighted by molar-refractivity contribution is -0.148. The molecule has 9 heteroatoms. The molecule has 1 aromatic heterocycles. The topological polar surface area (TPSA) is 110 Å². The van der Waals surface area contributed by atoms with E-state index in [1.807, 2.05) is 0 Å². The van der Waals surface area contributed by atoms with Crippen LogP contribution in [0, 0.1) is 0 Å².